The lowest BCUT2D eigenvalue weighted by Crippen LogP contribution is -2.03. The van der Waals surface area contributed by atoms with Gasteiger partial charge in [-0.2, -0.15) is 0 Å². The Morgan fingerprint density at radius 2 is 1.95 bits per heavy atom. The Morgan fingerprint density at radius 1 is 1.16 bits per heavy atom. The Labute approximate surface area is 122 Å². The molecule has 0 aliphatic heterocycles. The number of nitrogens with one attached hydrogen (secondary N) is 2. The molecular formula is C15H18BrN3. The van der Waals surface area contributed by atoms with E-state index in [0.717, 1.165) is 34.8 Å². The van der Waals surface area contributed by atoms with E-state index in [1.54, 1.807) is 0 Å². The van der Waals surface area contributed by atoms with Gasteiger partial charge in [-0.15, -0.1) is 0 Å². The molecule has 0 aliphatic carbocycles. The van der Waals surface area contributed by atoms with Gasteiger partial charge in [0.2, 0.25) is 0 Å². The minimum Gasteiger partial charge on any atom is -0.370 e. The molecule has 1 aromatic carbocycles. The van der Waals surface area contributed by atoms with Gasteiger partial charge in [-0.1, -0.05) is 19.1 Å². The monoisotopic (exact) mass is 319 g/mol. The summed E-state index contributed by atoms with van der Waals surface area (Å²) in [5.41, 5.74) is 2.24. The molecule has 1 aromatic heterocycles. The summed E-state index contributed by atoms with van der Waals surface area (Å²) < 4.78 is 1.03. The van der Waals surface area contributed by atoms with E-state index in [-0.39, 0.29) is 0 Å². The van der Waals surface area contributed by atoms with Crippen molar-refractivity contribution in [1.82, 2.24) is 4.98 Å². The molecule has 0 fully saturated rings. The van der Waals surface area contributed by atoms with Gasteiger partial charge in [0.1, 0.15) is 11.6 Å². The van der Waals surface area contributed by atoms with E-state index in [4.69, 9.17) is 0 Å². The number of rotatable bonds is 5. The summed E-state index contributed by atoms with van der Waals surface area (Å²) in [5, 5.41) is 6.62. The van der Waals surface area contributed by atoms with Gasteiger partial charge in [0.15, 0.2) is 0 Å². The molecule has 2 N–H and O–H groups in total. The van der Waals surface area contributed by atoms with E-state index < -0.39 is 0 Å². The largest absolute Gasteiger partial charge is 0.370 e. The zero-order chi connectivity index (χ0) is 13.7. The standard InChI is InChI=1S/C15H18BrN3/c1-3-9-17-14-5-4-6-15(19-14)18-13-10-11(2)7-8-12(13)16/h4-8,10H,3,9H2,1-2H3,(H2,17,18,19). The number of anilines is 3. The molecule has 0 unspecified atom stereocenters. The van der Waals surface area contributed by atoms with Crippen molar-refractivity contribution in [3.05, 3.63) is 46.4 Å². The number of aromatic nitrogens is 1. The molecule has 0 aliphatic rings. The van der Waals surface area contributed by atoms with Crippen molar-refractivity contribution >= 4 is 33.3 Å². The second kappa shape index (κ2) is 6.57. The summed E-state index contributed by atoms with van der Waals surface area (Å²) in [5.74, 6) is 1.74. The number of hydrogen-bond donors (Lipinski definition) is 2. The lowest BCUT2D eigenvalue weighted by atomic mass is 10.2. The number of aryl methyl sites for hydroxylation is 1. The van der Waals surface area contributed by atoms with Crippen molar-refractivity contribution < 1.29 is 0 Å². The summed E-state index contributed by atoms with van der Waals surface area (Å²) in [6, 6.07) is 12.1. The molecule has 0 saturated carbocycles. The molecule has 0 saturated heterocycles. The highest BCUT2D eigenvalue weighted by Crippen LogP contribution is 2.26. The van der Waals surface area contributed by atoms with Gasteiger partial charge in [0.25, 0.3) is 0 Å². The highest BCUT2D eigenvalue weighted by atomic mass is 79.9. The van der Waals surface area contributed by atoms with Gasteiger partial charge in [-0.3, -0.25) is 0 Å². The van der Waals surface area contributed by atoms with E-state index >= 15 is 0 Å². The molecule has 0 bridgehead atoms. The number of nitrogens with zero attached hydrogens (tertiary/aromatic N) is 1. The van der Waals surface area contributed by atoms with Crippen LogP contribution in [0.25, 0.3) is 0 Å². The van der Waals surface area contributed by atoms with Crippen LogP contribution in [0.4, 0.5) is 17.3 Å². The number of pyridine rings is 1. The summed E-state index contributed by atoms with van der Waals surface area (Å²) in [7, 11) is 0. The van der Waals surface area contributed by atoms with E-state index in [0.29, 0.717) is 0 Å². The van der Waals surface area contributed by atoms with Crippen LogP contribution in [0.3, 0.4) is 0 Å². The smallest absolute Gasteiger partial charge is 0.132 e. The zero-order valence-electron chi connectivity index (χ0n) is 11.2. The predicted molar refractivity (Wildman–Crippen MR) is 85.2 cm³/mol. The first-order valence-corrected chi connectivity index (χ1v) is 7.22. The van der Waals surface area contributed by atoms with Crippen LogP contribution in [0.2, 0.25) is 0 Å². The summed E-state index contributed by atoms with van der Waals surface area (Å²) in [6.45, 7) is 5.15. The topological polar surface area (TPSA) is 37.0 Å². The Bertz CT molecular complexity index is 555. The molecule has 2 rings (SSSR count). The quantitative estimate of drug-likeness (QED) is 0.837. The van der Waals surface area contributed by atoms with Crippen LogP contribution < -0.4 is 10.6 Å². The van der Waals surface area contributed by atoms with Crippen molar-refractivity contribution in [1.29, 1.82) is 0 Å². The Kier molecular flexibility index (Phi) is 4.80. The zero-order valence-corrected chi connectivity index (χ0v) is 12.8. The summed E-state index contributed by atoms with van der Waals surface area (Å²) in [6.07, 6.45) is 1.09. The lowest BCUT2D eigenvalue weighted by Gasteiger charge is -2.10. The first-order valence-electron chi connectivity index (χ1n) is 6.43. The fraction of sp³-hybridized carbons (Fsp3) is 0.267. The van der Waals surface area contributed by atoms with Crippen molar-refractivity contribution in [2.45, 2.75) is 20.3 Å². The third kappa shape index (κ3) is 3.96. The maximum absolute atomic E-state index is 4.53. The third-order valence-corrected chi connectivity index (χ3v) is 3.38. The van der Waals surface area contributed by atoms with Crippen LogP contribution in [0, 0.1) is 6.92 Å². The number of hydrogen-bond acceptors (Lipinski definition) is 3. The van der Waals surface area contributed by atoms with Crippen molar-refractivity contribution in [3.8, 4) is 0 Å². The van der Waals surface area contributed by atoms with Crippen molar-refractivity contribution in [3.63, 3.8) is 0 Å². The average molecular weight is 320 g/mol. The Morgan fingerprint density at radius 3 is 2.74 bits per heavy atom. The van der Waals surface area contributed by atoms with Crippen LogP contribution in [0.15, 0.2) is 40.9 Å². The van der Waals surface area contributed by atoms with Crippen LogP contribution >= 0.6 is 15.9 Å². The molecular weight excluding hydrogens is 302 g/mol. The Balaban J connectivity index is 2.16. The van der Waals surface area contributed by atoms with Gasteiger partial charge in [-0.05, 0) is 59.1 Å². The lowest BCUT2D eigenvalue weighted by molar-refractivity contribution is 0.970. The first-order chi connectivity index (χ1) is 9.19. The fourth-order valence-corrected chi connectivity index (χ4v) is 2.07. The SMILES string of the molecule is CCCNc1cccc(Nc2cc(C)ccc2Br)n1. The fourth-order valence-electron chi connectivity index (χ4n) is 1.73. The van der Waals surface area contributed by atoms with E-state index in [1.807, 2.05) is 24.3 Å². The van der Waals surface area contributed by atoms with Crippen LogP contribution in [0.5, 0.6) is 0 Å². The minimum absolute atomic E-state index is 0.840. The Hall–Kier alpha value is -1.55. The molecule has 3 nitrogen and oxygen atoms in total. The van der Waals surface area contributed by atoms with Gasteiger partial charge in [0, 0.05) is 11.0 Å². The van der Waals surface area contributed by atoms with Gasteiger partial charge < -0.3 is 10.6 Å². The van der Waals surface area contributed by atoms with E-state index in [1.165, 1.54) is 5.56 Å². The second-order valence-electron chi connectivity index (χ2n) is 4.44. The average Bonchev–Trinajstić information content (AvgIpc) is 2.41. The molecule has 100 valence electrons. The molecule has 2 aromatic rings. The molecule has 0 radical (unpaired) electrons. The van der Waals surface area contributed by atoms with Crippen LogP contribution in [0.1, 0.15) is 18.9 Å². The highest BCUT2D eigenvalue weighted by Gasteiger charge is 2.02. The first kappa shape index (κ1) is 13.9. The molecule has 0 amide bonds. The maximum Gasteiger partial charge on any atom is 0.132 e. The molecule has 19 heavy (non-hydrogen) atoms. The van der Waals surface area contributed by atoms with Crippen molar-refractivity contribution in [2.75, 3.05) is 17.2 Å². The predicted octanol–water partition coefficient (Wildman–Crippen LogP) is 4.72. The van der Waals surface area contributed by atoms with Crippen LogP contribution in [-0.2, 0) is 0 Å². The third-order valence-electron chi connectivity index (χ3n) is 2.69. The highest BCUT2D eigenvalue weighted by molar-refractivity contribution is 9.10. The van der Waals surface area contributed by atoms with Crippen LogP contribution in [-0.4, -0.2) is 11.5 Å². The molecule has 0 spiro atoms. The maximum atomic E-state index is 4.53. The van der Waals surface area contributed by atoms with E-state index in [2.05, 4.69) is 57.5 Å². The second-order valence-corrected chi connectivity index (χ2v) is 5.30. The van der Waals surface area contributed by atoms with Gasteiger partial charge >= 0.3 is 0 Å². The number of halogens is 1. The summed E-state index contributed by atoms with van der Waals surface area (Å²) >= 11 is 3.54. The molecule has 0 atom stereocenters. The normalized spacial score (nSPS) is 10.3. The summed E-state index contributed by atoms with van der Waals surface area (Å²) in [4.78, 5) is 4.53. The minimum atomic E-state index is 0.840. The molecule has 1 heterocycles. The number of benzene rings is 1. The van der Waals surface area contributed by atoms with E-state index in [9.17, 15) is 0 Å². The molecule has 4 heteroatoms. The van der Waals surface area contributed by atoms with Gasteiger partial charge in [-0.25, -0.2) is 4.98 Å². The van der Waals surface area contributed by atoms with Gasteiger partial charge in [0.05, 0.1) is 5.69 Å². The van der Waals surface area contributed by atoms with Crippen molar-refractivity contribution in [2.24, 2.45) is 0 Å².